The summed E-state index contributed by atoms with van der Waals surface area (Å²) in [5.74, 6) is -0.476. The van der Waals surface area contributed by atoms with Gasteiger partial charge < -0.3 is 9.73 Å². The Hall–Kier alpha value is -1.82. The standard InChI is InChI=1S/C14H17F2N3O/c1-2-17-8-4-7-13-18-19-14(20-13)9-10-11(15)5-3-6-12(10)16/h3,5-6,17H,2,4,7-9H2,1H3. The van der Waals surface area contributed by atoms with Crippen molar-refractivity contribution in [3.8, 4) is 0 Å². The Kier molecular flexibility index (Phi) is 5.17. The minimum absolute atomic E-state index is 0.0291. The van der Waals surface area contributed by atoms with Gasteiger partial charge in [-0.2, -0.15) is 0 Å². The number of hydrogen-bond donors (Lipinski definition) is 1. The van der Waals surface area contributed by atoms with Crippen LogP contribution in [0.5, 0.6) is 0 Å². The number of aryl methyl sites for hydroxylation is 1. The molecule has 0 aliphatic carbocycles. The van der Waals surface area contributed by atoms with E-state index in [0.717, 1.165) is 19.5 Å². The predicted octanol–water partition coefficient (Wildman–Crippen LogP) is 2.48. The summed E-state index contributed by atoms with van der Waals surface area (Å²) in [6, 6.07) is 3.76. The first-order valence-corrected chi connectivity index (χ1v) is 6.65. The van der Waals surface area contributed by atoms with Crippen LogP contribution in [-0.2, 0) is 12.8 Å². The normalized spacial score (nSPS) is 10.9. The molecule has 2 aromatic rings. The van der Waals surface area contributed by atoms with E-state index in [0.29, 0.717) is 12.3 Å². The Bertz CT molecular complexity index is 537. The van der Waals surface area contributed by atoms with Gasteiger partial charge in [-0.05, 0) is 31.6 Å². The number of halogens is 2. The molecule has 1 N–H and O–H groups in total. The molecule has 2 rings (SSSR count). The summed E-state index contributed by atoms with van der Waals surface area (Å²) in [5.41, 5.74) is -0.0460. The van der Waals surface area contributed by atoms with Gasteiger partial charge in [0.2, 0.25) is 11.8 Å². The molecule has 0 bridgehead atoms. The molecule has 4 nitrogen and oxygen atoms in total. The third kappa shape index (κ3) is 3.84. The summed E-state index contributed by atoms with van der Waals surface area (Å²) in [7, 11) is 0. The van der Waals surface area contributed by atoms with Gasteiger partial charge in [-0.25, -0.2) is 8.78 Å². The van der Waals surface area contributed by atoms with Crippen LogP contribution >= 0.6 is 0 Å². The zero-order valence-corrected chi connectivity index (χ0v) is 11.3. The van der Waals surface area contributed by atoms with Crippen molar-refractivity contribution >= 4 is 0 Å². The van der Waals surface area contributed by atoms with Crippen molar-refractivity contribution in [1.82, 2.24) is 15.5 Å². The zero-order chi connectivity index (χ0) is 14.4. The largest absolute Gasteiger partial charge is 0.425 e. The number of aromatic nitrogens is 2. The number of nitrogens with one attached hydrogen (secondary N) is 1. The van der Waals surface area contributed by atoms with Crippen LogP contribution in [0, 0.1) is 11.6 Å². The summed E-state index contributed by atoms with van der Waals surface area (Å²) < 4.78 is 32.4. The van der Waals surface area contributed by atoms with Gasteiger partial charge in [0.25, 0.3) is 0 Å². The first-order chi connectivity index (χ1) is 9.70. The lowest BCUT2D eigenvalue weighted by molar-refractivity contribution is 0.443. The van der Waals surface area contributed by atoms with Crippen molar-refractivity contribution in [2.45, 2.75) is 26.2 Å². The van der Waals surface area contributed by atoms with Gasteiger partial charge in [0.05, 0.1) is 6.42 Å². The quantitative estimate of drug-likeness (QED) is 0.792. The first kappa shape index (κ1) is 14.6. The summed E-state index contributed by atoms with van der Waals surface area (Å²) >= 11 is 0. The molecule has 0 aliphatic rings. The average molecular weight is 281 g/mol. The predicted molar refractivity (Wildman–Crippen MR) is 70.3 cm³/mol. The molecule has 0 atom stereocenters. The van der Waals surface area contributed by atoms with E-state index in [2.05, 4.69) is 15.5 Å². The van der Waals surface area contributed by atoms with Crippen LogP contribution < -0.4 is 5.32 Å². The van der Waals surface area contributed by atoms with Crippen LogP contribution in [0.25, 0.3) is 0 Å². The van der Waals surface area contributed by atoms with Crippen LogP contribution in [0.15, 0.2) is 22.6 Å². The monoisotopic (exact) mass is 281 g/mol. The third-order valence-corrected chi connectivity index (χ3v) is 2.89. The molecule has 108 valence electrons. The topological polar surface area (TPSA) is 51.0 Å². The number of rotatable bonds is 7. The van der Waals surface area contributed by atoms with Crippen molar-refractivity contribution in [3.63, 3.8) is 0 Å². The van der Waals surface area contributed by atoms with E-state index in [9.17, 15) is 8.78 Å². The van der Waals surface area contributed by atoms with Gasteiger partial charge in [-0.15, -0.1) is 10.2 Å². The van der Waals surface area contributed by atoms with E-state index >= 15 is 0 Å². The summed E-state index contributed by atoms with van der Waals surface area (Å²) in [4.78, 5) is 0. The highest BCUT2D eigenvalue weighted by Gasteiger charge is 2.13. The minimum atomic E-state index is -0.600. The first-order valence-electron chi connectivity index (χ1n) is 6.65. The highest BCUT2D eigenvalue weighted by atomic mass is 19.1. The fraction of sp³-hybridized carbons (Fsp3) is 0.429. The van der Waals surface area contributed by atoms with E-state index in [4.69, 9.17) is 4.42 Å². The highest BCUT2D eigenvalue weighted by molar-refractivity contribution is 5.22. The van der Waals surface area contributed by atoms with Crippen molar-refractivity contribution in [3.05, 3.63) is 47.2 Å². The fourth-order valence-corrected chi connectivity index (χ4v) is 1.85. The lowest BCUT2D eigenvalue weighted by Gasteiger charge is -2.01. The average Bonchev–Trinajstić information content (AvgIpc) is 2.87. The van der Waals surface area contributed by atoms with Crippen LogP contribution in [0.4, 0.5) is 8.78 Å². The molecule has 0 aliphatic heterocycles. The molecule has 0 saturated heterocycles. The van der Waals surface area contributed by atoms with Crippen molar-refractivity contribution in [2.24, 2.45) is 0 Å². The molecule has 0 amide bonds. The van der Waals surface area contributed by atoms with E-state index in [1.807, 2.05) is 6.92 Å². The summed E-state index contributed by atoms with van der Waals surface area (Å²) in [6.45, 7) is 3.82. The van der Waals surface area contributed by atoms with Gasteiger partial charge in [-0.3, -0.25) is 0 Å². The lowest BCUT2D eigenvalue weighted by Crippen LogP contribution is -2.14. The smallest absolute Gasteiger partial charge is 0.221 e. The van der Waals surface area contributed by atoms with E-state index in [1.54, 1.807) is 0 Å². The molecule has 0 fully saturated rings. The lowest BCUT2D eigenvalue weighted by atomic mass is 10.1. The molecule has 1 aromatic carbocycles. The molecule has 0 saturated carbocycles. The Morgan fingerprint density at radius 2 is 1.85 bits per heavy atom. The molecule has 6 heteroatoms. The van der Waals surface area contributed by atoms with Gasteiger partial charge in [0, 0.05) is 12.0 Å². The molecule has 0 radical (unpaired) electrons. The third-order valence-electron chi connectivity index (χ3n) is 2.89. The van der Waals surface area contributed by atoms with Gasteiger partial charge in [0.1, 0.15) is 11.6 Å². The Balaban J connectivity index is 1.96. The molecule has 0 unspecified atom stereocenters. The second kappa shape index (κ2) is 7.09. The van der Waals surface area contributed by atoms with Crippen LogP contribution in [0.1, 0.15) is 30.7 Å². The maximum Gasteiger partial charge on any atom is 0.221 e. The molecule has 0 spiro atoms. The molecule has 1 heterocycles. The second-order valence-corrected chi connectivity index (χ2v) is 4.42. The molecular formula is C14H17F2N3O. The highest BCUT2D eigenvalue weighted by Crippen LogP contribution is 2.16. The Morgan fingerprint density at radius 3 is 2.55 bits per heavy atom. The molecule has 20 heavy (non-hydrogen) atoms. The number of benzene rings is 1. The van der Waals surface area contributed by atoms with Crippen molar-refractivity contribution in [2.75, 3.05) is 13.1 Å². The van der Waals surface area contributed by atoms with Crippen LogP contribution in [0.3, 0.4) is 0 Å². The van der Waals surface area contributed by atoms with E-state index < -0.39 is 11.6 Å². The van der Waals surface area contributed by atoms with Crippen LogP contribution in [0.2, 0.25) is 0 Å². The van der Waals surface area contributed by atoms with Crippen molar-refractivity contribution < 1.29 is 13.2 Å². The minimum Gasteiger partial charge on any atom is -0.425 e. The van der Waals surface area contributed by atoms with E-state index in [-0.39, 0.29) is 17.9 Å². The molecule has 1 aromatic heterocycles. The maximum absolute atomic E-state index is 13.5. The molecular weight excluding hydrogens is 264 g/mol. The number of nitrogens with zero attached hydrogens (tertiary/aromatic N) is 2. The van der Waals surface area contributed by atoms with Gasteiger partial charge >= 0.3 is 0 Å². The van der Waals surface area contributed by atoms with Crippen LogP contribution in [-0.4, -0.2) is 23.3 Å². The van der Waals surface area contributed by atoms with Crippen molar-refractivity contribution in [1.29, 1.82) is 0 Å². The zero-order valence-electron chi connectivity index (χ0n) is 11.3. The fourth-order valence-electron chi connectivity index (χ4n) is 1.85. The maximum atomic E-state index is 13.5. The number of hydrogen-bond acceptors (Lipinski definition) is 4. The van der Waals surface area contributed by atoms with Gasteiger partial charge in [-0.1, -0.05) is 13.0 Å². The Morgan fingerprint density at radius 1 is 1.15 bits per heavy atom. The SMILES string of the molecule is CCNCCCc1nnc(Cc2c(F)cccc2F)o1. The van der Waals surface area contributed by atoms with E-state index in [1.165, 1.54) is 18.2 Å². The second-order valence-electron chi connectivity index (χ2n) is 4.42. The summed E-state index contributed by atoms with van der Waals surface area (Å²) in [5, 5.41) is 10.9. The summed E-state index contributed by atoms with van der Waals surface area (Å²) in [6.07, 6.45) is 1.50. The van der Waals surface area contributed by atoms with Gasteiger partial charge in [0.15, 0.2) is 0 Å². The Labute approximate surface area is 116 Å².